The van der Waals surface area contributed by atoms with E-state index in [0.717, 1.165) is 54.1 Å². The maximum atomic E-state index is 13.2. The van der Waals surface area contributed by atoms with E-state index >= 15 is 0 Å². The molecule has 1 N–H and O–H groups in total. The van der Waals surface area contributed by atoms with Crippen LogP contribution in [0.2, 0.25) is 0 Å². The van der Waals surface area contributed by atoms with E-state index in [9.17, 15) is 4.79 Å². The Morgan fingerprint density at radius 1 is 1.17 bits per heavy atom. The van der Waals surface area contributed by atoms with Gasteiger partial charge in [0.25, 0.3) is 0 Å². The highest BCUT2D eigenvalue weighted by Gasteiger charge is 2.37. The summed E-state index contributed by atoms with van der Waals surface area (Å²) in [5.74, 6) is 1.71. The quantitative estimate of drug-likeness (QED) is 0.578. The molecule has 9 nitrogen and oxygen atoms in total. The average molecular weight is 491 g/mol. The first-order valence-corrected chi connectivity index (χ1v) is 12.6. The summed E-state index contributed by atoms with van der Waals surface area (Å²) in [4.78, 5) is 15.1. The fraction of sp³-hybridized carbons (Fsp3) is 0.481. The number of hydrogen-bond acceptors (Lipinski definition) is 7. The van der Waals surface area contributed by atoms with Crippen LogP contribution in [0.15, 0.2) is 42.5 Å². The number of likely N-dealkylation sites (tertiary alicyclic amines) is 1. The highest BCUT2D eigenvalue weighted by atomic mass is 16.6. The molecule has 0 radical (unpaired) electrons. The van der Waals surface area contributed by atoms with Gasteiger partial charge in [-0.3, -0.25) is 4.90 Å². The summed E-state index contributed by atoms with van der Waals surface area (Å²) in [6.07, 6.45) is 3.25. The fourth-order valence-corrected chi connectivity index (χ4v) is 5.21. The molecule has 1 aromatic heterocycles. The smallest absolute Gasteiger partial charge is 0.410 e. The van der Waals surface area contributed by atoms with Gasteiger partial charge in [-0.1, -0.05) is 30.3 Å². The first kappa shape index (κ1) is 24.2. The molecule has 0 bridgehead atoms. The second-order valence-corrected chi connectivity index (χ2v) is 10.5. The third kappa shape index (κ3) is 4.93. The van der Waals surface area contributed by atoms with E-state index in [1.54, 1.807) is 7.11 Å². The molecule has 0 spiro atoms. The van der Waals surface area contributed by atoms with Crippen LogP contribution in [0.25, 0.3) is 5.69 Å². The lowest BCUT2D eigenvalue weighted by Crippen LogP contribution is -2.51. The Morgan fingerprint density at radius 2 is 1.97 bits per heavy atom. The summed E-state index contributed by atoms with van der Waals surface area (Å²) in [6.45, 7) is 6.96. The number of carbonyl (C=O) groups excluding carboxylic acids is 1. The Bertz CT molecular complexity index is 1220. The van der Waals surface area contributed by atoms with Gasteiger partial charge in [0.1, 0.15) is 11.4 Å². The van der Waals surface area contributed by atoms with Crippen molar-refractivity contribution in [1.29, 1.82) is 0 Å². The number of piperidine rings is 1. The van der Waals surface area contributed by atoms with Gasteiger partial charge in [-0.2, -0.15) is 4.68 Å². The van der Waals surface area contributed by atoms with Crippen LogP contribution in [0.5, 0.6) is 5.75 Å². The molecule has 2 atom stereocenters. The topological polar surface area (TPSA) is 94.4 Å². The molecule has 9 heteroatoms. The van der Waals surface area contributed by atoms with Gasteiger partial charge in [-0.25, -0.2) is 4.79 Å². The van der Waals surface area contributed by atoms with Crippen molar-refractivity contribution < 1.29 is 14.3 Å². The average Bonchev–Trinajstić information content (AvgIpc) is 3.35. The van der Waals surface area contributed by atoms with E-state index in [2.05, 4.69) is 45.1 Å². The minimum absolute atomic E-state index is 0.0537. The van der Waals surface area contributed by atoms with Crippen molar-refractivity contribution >= 4 is 6.09 Å². The zero-order valence-electron chi connectivity index (χ0n) is 21.4. The summed E-state index contributed by atoms with van der Waals surface area (Å²) < 4.78 is 13.4. The lowest BCUT2D eigenvalue weighted by Gasteiger charge is -2.42. The molecule has 5 rings (SSSR count). The van der Waals surface area contributed by atoms with E-state index in [-0.39, 0.29) is 18.2 Å². The third-order valence-electron chi connectivity index (χ3n) is 6.82. The van der Waals surface area contributed by atoms with E-state index in [1.165, 1.54) is 5.56 Å². The largest absolute Gasteiger partial charge is 0.496 e. The van der Waals surface area contributed by atoms with Crippen molar-refractivity contribution in [2.75, 3.05) is 13.7 Å². The number of carbonyl (C=O) groups is 1. The molecule has 0 saturated carbocycles. The van der Waals surface area contributed by atoms with Gasteiger partial charge in [0.15, 0.2) is 5.82 Å². The second-order valence-electron chi connectivity index (χ2n) is 10.5. The second kappa shape index (κ2) is 9.89. The summed E-state index contributed by atoms with van der Waals surface area (Å²) in [5, 5.41) is 15.9. The van der Waals surface area contributed by atoms with Crippen LogP contribution in [0.3, 0.4) is 0 Å². The van der Waals surface area contributed by atoms with Crippen LogP contribution < -0.4 is 10.1 Å². The molecule has 2 aliphatic heterocycles. The molecular weight excluding hydrogens is 456 g/mol. The summed E-state index contributed by atoms with van der Waals surface area (Å²) in [7, 11) is 1.70. The summed E-state index contributed by atoms with van der Waals surface area (Å²) in [5.41, 5.74) is 3.74. The Kier molecular flexibility index (Phi) is 6.66. The van der Waals surface area contributed by atoms with Crippen LogP contribution in [-0.4, -0.2) is 56.5 Å². The van der Waals surface area contributed by atoms with Gasteiger partial charge >= 0.3 is 6.09 Å². The number of rotatable bonds is 5. The Labute approximate surface area is 211 Å². The molecule has 1 amide bonds. The Morgan fingerprint density at radius 3 is 2.72 bits per heavy atom. The monoisotopic (exact) mass is 490 g/mol. The molecule has 0 aliphatic carbocycles. The fourth-order valence-electron chi connectivity index (χ4n) is 5.21. The highest BCUT2D eigenvalue weighted by molar-refractivity contribution is 5.69. The summed E-state index contributed by atoms with van der Waals surface area (Å²) in [6, 6.07) is 14.3. The lowest BCUT2D eigenvalue weighted by molar-refractivity contribution is 0.00380. The minimum atomic E-state index is -0.551. The number of aromatic nitrogens is 4. The number of ether oxygens (including phenoxy) is 2. The van der Waals surface area contributed by atoms with Gasteiger partial charge in [-0.05, 0) is 73.7 Å². The van der Waals surface area contributed by atoms with Crippen molar-refractivity contribution in [3.63, 3.8) is 0 Å². The van der Waals surface area contributed by atoms with Crippen LogP contribution in [0.4, 0.5) is 4.79 Å². The van der Waals surface area contributed by atoms with Gasteiger partial charge < -0.3 is 14.8 Å². The predicted octanol–water partition coefficient (Wildman–Crippen LogP) is 4.00. The number of amides is 1. The zero-order valence-corrected chi connectivity index (χ0v) is 21.4. The van der Waals surface area contributed by atoms with Gasteiger partial charge in [0.05, 0.1) is 18.8 Å². The van der Waals surface area contributed by atoms with Crippen molar-refractivity contribution in [2.45, 2.75) is 70.7 Å². The molecule has 2 aromatic carbocycles. The van der Waals surface area contributed by atoms with Crippen LogP contribution in [0, 0.1) is 0 Å². The molecular formula is C27H34N6O3. The van der Waals surface area contributed by atoms with E-state index < -0.39 is 5.60 Å². The Hall–Kier alpha value is -3.46. The number of tetrazole rings is 1. The number of nitrogens with one attached hydrogen (secondary N) is 1. The molecule has 3 aromatic rings. The van der Waals surface area contributed by atoms with Crippen molar-refractivity contribution in [2.24, 2.45) is 0 Å². The molecule has 190 valence electrons. The first-order chi connectivity index (χ1) is 17.3. The third-order valence-corrected chi connectivity index (χ3v) is 6.82. The normalized spacial score (nSPS) is 19.4. The predicted molar refractivity (Wildman–Crippen MR) is 135 cm³/mol. The molecule has 2 aliphatic rings. The van der Waals surface area contributed by atoms with Crippen LogP contribution in [0.1, 0.15) is 62.2 Å². The maximum Gasteiger partial charge on any atom is 0.410 e. The number of hydrogen-bond donors (Lipinski definition) is 1. The molecule has 1 saturated heterocycles. The molecule has 36 heavy (non-hydrogen) atoms. The first-order valence-electron chi connectivity index (χ1n) is 12.6. The standard InChI is InChI=1S/C27H34N6O3/c1-27(2,3)36-26(34)32-14-8-11-21(25(32)18-9-6-5-7-10-18)28-17-20-15-22-19(16-23(20)35-4)12-13-24-29-30-31-33(22)24/h5-7,9-10,15-16,21,25,28H,8,11-14,17H2,1-4H3/t21-,25-/m0/s1. The van der Waals surface area contributed by atoms with Crippen molar-refractivity contribution in [3.05, 3.63) is 65.0 Å². The molecule has 0 unspecified atom stereocenters. The van der Waals surface area contributed by atoms with Crippen molar-refractivity contribution in [3.8, 4) is 11.4 Å². The number of aryl methyl sites for hydroxylation is 2. The number of fused-ring (bicyclic) bond motifs is 3. The van der Waals surface area contributed by atoms with Crippen LogP contribution >= 0.6 is 0 Å². The molecule has 3 heterocycles. The zero-order chi connectivity index (χ0) is 25.3. The van der Waals surface area contributed by atoms with E-state index in [4.69, 9.17) is 9.47 Å². The Balaban J connectivity index is 1.42. The number of nitrogens with zero attached hydrogens (tertiary/aromatic N) is 5. The van der Waals surface area contributed by atoms with E-state index in [0.29, 0.717) is 13.1 Å². The van der Waals surface area contributed by atoms with Crippen molar-refractivity contribution in [1.82, 2.24) is 30.4 Å². The summed E-state index contributed by atoms with van der Waals surface area (Å²) >= 11 is 0. The van der Waals surface area contributed by atoms with Gasteiger partial charge in [0.2, 0.25) is 0 Å². The van der Waals surface area contributed by atoms with Gasteiger partial charge in [0, 0.05) is 31.1 Å². The number of methoxy groups -OCH3 is 1. The highest BCUT2D eigenvalue weighted by Crippen LogP contribution is 2.34. The SMILES string of the molecule is COc1cc2c(cc1CN[C@H]1CCCN(C(=O)OC(C)(C)C)[C@H]1c1ccccc1)-n1nnnc1CC2. The molecule has 1 fully saturated rings. The van der Waals surface area contributed by atoms with E-state index in [1.807, 2.05) is 48.6 Å². The minimum Gasteiger partial charge on any atom is -0.496 e. The number of benzene rings is 2. The lowest BCUT2D eigenvalue weighted by atomic mass is 9.90. The van der Waals surface area contributed by atoms with Crippen LogP contribution in [-0.2, 0) is 24.1 Å². The van der Waals surface area contributed by atoms with Gasteiger partial charge in [-0.15, -0.1) is 5.10 Å². The maximum absolute atomic E-state index is 13.2.